The second-order valence-electron chi connectivity index (χ2n) is 17.4. The van der Waals surface area contributed by atoms with Crippen LogP contribution in [0.15, 0.2) is 42.5 Å². The van der Waals surface area contributed by atoms with Crippen molar-refractivity contribution in [1.29, 1.82) is 0 Å². The van der Waals surface area contributed by atoms with E-state index in [1.165, 1.54) is 13.8 Å². The molecule has 0 unspecified atom stereocenters. The number of fused-ring (bicyclic) bond motifs is 2. The number of sulfonamides is 1. The Hall–Kier alpha value is -6.27. The van der Waals surface area contributed by atoms with E-state index in [1.807, 2.05) is 0 Å². The topological polar surface area (TPSA) is 204 Å². The van der Waals surface area contributed by atoms with Gasteiger partial charge >= 0.3 is 18.3 Å². The number of hydrogen-bond acceptors (Lipinski definition) is 10. The van der Waals surface area contributed by atoms with Crippen LogP contribution in [0.25, 0.3) is 22.0 Å². The number of benzene rings is 2. The summed E-state index contributed by atoms with van der Waals surface area (Å²) < 4.78 is 197. The van der Waals surface area contributed by atoms with Gasteiger partial charge in [-0.25, -0.2) is 30.6 Å². The largest absolute Gasteiger partial charge is 0.481 e. The Morgan fingerprint density at radius 2 is 1.57 bits per heavy atom. The molecule has 1 aliphatic rings. The van der Waals surface area contributed by atoms with E-state index in [-0.39, 0.29) is 36.1 Å². The van der Waals surface area contributed by atoms with Gasteiger partial charge in [0, 0.05) is 48.3 Å². The van der Waals surface area contributed by atoms with Gasteiger partial charge in [0.25, 0.3) is 5.92 Å². The molecule has 0 saturated heterocycles. The molecule has 0 fully saturated rings. The number of aromatic nitrogens is 5. The van der Waals surface area contributed by atoms with E-state index < -0.39 is 174 Å². The highest BCUT2D eigenvalue weighted by Crippen LogP contribution is 2.52. The van der Waals surface area contributed by atoms with E-state index in [0.717, 1.165) is 49.6 Å². The molecule has 1 aliphatic carbocycles. The lowest BCUT2D eigenvalue weighted by Crippen LogP contribution is -2.36. The predicted molar refractivity (Wildman–Crippen MR) is 239 cm³/mol. The summed E-state index contributed by atoms with van der Waals surface area (Å²) in [7, 11) is -8.74. The van der Waals surface area contributed by atoms with Crippen LogP contribution in [0.2, 0.25) is 5.02 Å². The minimum atomic E-state index is -5.26. The lowest BCUT2D eigenvalue weighted by molar-refractivity contribution is -0.143. The maximum absolute atomic E-state index is 15.4. The Balaban J connectivity index is 1.65. The molecule has 0 saturated carbocycles. The van der Waals surface area contributed by atoms with E-state index in [2.05, 4.69) is 32.3 Å². The fraction of sp³-hybridized carbons (Fsp3) is 0.409. The van der Waals surface area contributed by atoms with Gasteiger partial charge in [-0.15, -0.1) is 0 Å². The summed E-state index contributed by atoms with van der Waals surface area (Å²) in [5.41, 5.74) is -6.24. The van der Waals surface area contributed by atoms with Gasteiger partial charge in [-0.2, -0.15) is 49.6 Å². The fourth-order valence-electron chi connectivity index (χ4n) is 8.00. The molecular formula is C44H40ClF10N7O8S2. The molecule has 0 aliphatic heterocycles. The molecule has 28 heteroatoms. The van der Waals surface area contributed by atoms with Crippen molar-refractivity contribution in [3.8, 4) is 23.0 Å². The van der Waals surface area contributed by atoms with E-state index in [4.69, 9.17) is 16.7 Å². The number of carbonyl (C=O) groups excluding carboxylic acids is 2. The smallest absolute Gasteiger partial charge is 0.435 e. The summed E-state index contributed by atoms with van der Waals surface area (Å²) in [4.78, 5) is 43.4. The third-order valence-electron chi connectivity index (χ3n) is 11.3. The number of carbonyl (C=O) groups is 3. The molecule has 0 spiro atoms. The minimum Gasteiger partial charge on any atom is -0.481 e. The molecule has 0 bridgehead atoms. The molecule has 72 heavy (non-hydrogen) atoms. The number of alkyl halides is 8. The van der Waals surface area contributed by atoms with Gasteiger partial charge in [0.2, 0.25) is 21.8 Å². The van der Waals surface area contributed by atoms with E-state index >= 15 is 8.78 Å². The molecule has 0 radical (unpaired) electrons. The van der Waals surface area contributed by atoms with Crippen molar-refractivity contribution in [3.63, 3.8) is 0 Å². The third-order valence-corrected chi connectivity index (χ3v) is 14.6. The zero-order valence-electron chi connectivity index (χ0n) is 38.1. The standard InChI is InChI=1S/C44H40ClF10N7O8S2/c1-22-19-42(48,49)39-34(22)38(44(53,54)55)58-60(39)20-31(63)57-30(17-23-15-24(46)18-25(47)16-23)36-27(10-9-26(56-36)13-14-41(2,3)71(4,67)68)28-11-12-29(45)35-37(28)61(21-43(50,51)52)59-40(35)62(72(5,69)70)32(64)7-6-8-33(65)66/h9-12,15-16,18,22,30H,6-8,17,19-21H2,1-5H3,(H,57,63)(H,65,66)/t22-,30-/m0/s1. The first-order chi connectivity index (χ1) is 33.0. The van der Waals surface area contributed by atoms with Crippen LogP contribution in [0.1, 0.15) is 92.3 Å². The summed E-state index contributed by atoms with van der Waals surface area (Å²) in [5, 5.41) is 17.6. The second kappa shape index (κ2) is 19.6. The molecular weight excluding hydrogens is 1040 g/mol. The van der Waals surface area contributed by atoms with Crippen molar-refractivity contribution < 1.29 is 80.2 Å². The van der Waals surface area contributed by atoms with Gasteiger partial charge in [-0.1, -0.05) is 30.5 Å². The molecule has 6 rings (SSSR count). The van der Waals surface area contributed by atoms with Crippen LogP contribution in [-0.4, -0.2) is 87.7 Å². The van der Waals surface area contributed by atoms with E-state index in [0.29, 0.717) is 12.3 Å². The molecule has 2 N–H and O–H groups in total. The van der Waals surface area contributed by atoms with Crippen molar-refractivity contribution in [1.82, 2.24) is 29.9 Å². The number of nitrogens with zero attached hydrogens (tertiary/aromatic N) is 6. The van der Waals surface area contributed by atoms with Crippen LogP contribution in [0.5, 0.6) is 0 Å². The van der Waals surface area contributed by atoms with Gasteiger partial charge in [0.05, 0.1) is 33.9 Å². The number of aliphatic carboxylic acids is 1. The third kappa shape index (κ3) is 12.0. The Morgan fingerprint density at radius 3 is 2.14 bits per heavy atom. The Labute approximate surface area is 408 Å². The second-order valence-corrected chi connectivity index (χ2v) is 22.2. The quantitative estimate of drug-likeness (QED) is 0.0755. The molecule has 2 atom stereocenters. The molecule has 5 aromatic rings. The molecule has 2 aromatic carbocycles. The predicted octanol–water partition coefficient (Wildman–Crippen LogP) is 8.23. The monoisotopic (exact) mass is 1080 g/mol. The number of rotatable bonds is 15. The molecule has 3 heterocycles. The Kier molecular flexibility index (Phi) is 15.0. The number of halogens is 11. The highest BCUT2D eigenvalue weighted by atomic mass is 35.5. The number of hydrogen-bond donors (Lipinski definition) is 2. The number of sulfone groups is 1. The lowest BCUT2D eigenvalue weighted by Gasteiger charge is -2.23. The van der Waals surface area contributed by atoms with Crippen molar-refractivity contribution in [2.45, 2.75) is 101 Å². The average molecular weight is 1080 g/mol. The van der Waals surface area contributed by atoms with Gasteiger partial charge < -0.3 is 10.4 Å². The maximum Gasteiger partial charge on any atom is 0.435 e. The maximum atomic E-state index is 15.4. The van der Waals surface area contributed by atoms with Crippen LogP contribution in [0, 0.1) is 23.5 Å². The first-order valence-electron chi connectivity index (χ1n) is 21.0. The van der Waals surface area contributed by atoms with Crippen LogP contribution < -0.4 is 9.62 Å². The minimum absolute atomic E-state index is 0.0309. The number of carboxylic acid groups (broad SMARTS) is 1. The van der Waals surface area contributed by atoms with E-state index in [1.54, 1.807) is 0 Å². The zero-order valence-corrected chi connectivity index (χ0v) is 40.5. The summed E-state index contributed by atoms with van der Waals surface area (Å²) in [6.07, 6.45) is -12.7. The van der Waals surface area contributed by atoms with Crippen LogP contribution in [0.3, 0.4) is 0 Å². The van der Waals surface area contributed by atoms with Crippen LogP contribution in [-0.2, 0) is 65.9 Å². The number of carboxylic acids is 1. The zero-order chi connectivity index (χ0) is 53.8. The first-order valence-corrected chi connectivity index (χ1v) is 25.2. The number of pyridine rings is 1. The highest BCUT2D eigenvalue weighted by Gasteiger charge is 2.53. The van der Waals surface area contributed by atoms with Gasteiger partial charge in [0.1, 0.15) is 40.9 Å². The van der Waals surface area contributed by atoms with Crippen molar-refractivity contribution >= 4 is 66.0 Å². The number of anilines is 1. The Bertz CT molecular complexity index is 3290. The normalized spacial score (nSPS) is 15.5. The number of nitrogens with one attached hydrogen (secondary N) is 1. The van der Waals surface area contributed by atoms with Gasteiger partial charge in [0.15, 0.2) is 21.3 Å². The first kappa shape index (κ1) is 55.1. The summed E-state index contributed by atoms with van der Waals surface area (Å²) >= 11 is 6.59. The SMILES string of the molecule is C[C@H]1CC(F)(F)c2c1c(C(F)(F)F)nn2CC(=O)N[C@@H](Cc1cc(F)cc(F)c1)c1nc(C#CC(C)(C)S(C)(=O)=O)ccc1-c1ccc(Cl)c2c(N(C(=O)CCCC(=O)O)S(C)(=O)=O)nn(CC(F)(F)F)c12. The van der Waals surface area contributed by atoms with E-state index in [9.17, 15) is 66.3 Å². The van der Waals surface area contributed by atoms with Crippen LogP contribution >= 0.6 is 11.6 Å². The molecule has 388 valence electrons. The summed E-state index contributed by atoms with van der Waals surface area (Å²) in [5.74, 6) is -7.59. The summed E-state index contributed by atoms with van der Waals surface area (Å²) in [6, 6.07) is 4.60. The van der Waals surface area contributed by atoms with Crippen molar-refractivity contribution in [2.24, 2.45) is 0 Å². The molecule has 2 amide bonds. The molecule has 3 aromatic heterocycles. The van der Waals surface area contributed by atoms with Gasteiger partial charge in [-0.3, -0.25) is 23.7 Å². The molecule has 15 nitrogen and oxygen atoms in total. The summed E-state index contributed by atoms with van der Waals surface area (Å²) in [6.45, 7) is 0.210. The van der Waals surface area contributed by atoms with Gasteiger partial charge in [-0.05, 0) is 74.4 Å². The highest BCUT2D eigenvalue weighted by molar-refractivity contribution is 7.93. The lowest BCUT2D eigenvalue weighted by atomic mass is 9.93. The van der Waals surface area contributed by atoms with Crippen molar-refractivity contribution in [2.75, 3.05) is 16.8 Å². The Morgan fingerprint density at radius 1 is 0.944 bits per heavy atom. The van der Waals surface area contributed by atoms with Crippen molar-refractivity contribution in [3.05, 3.63) is 93.0 Å². The average Bonchev–Trinajstić information content (AvgIpc) is 3.85. The van der Waals surface area contributed by atoms with Crippen LogP contribution in [0.4, 0.5) is 49.7 Å². The number of amides is 2. The fourth-order valence-corrected chi connectivity index (χ4v) is 9.37.